The van der Waals surface area contributed by atoms with E-state index in [1.54, 1.807) is 22.7 Å². The van der Waals surface area contributed by atoms with Gasteiger partial charge in [-0.05, 0) is 29.0 Å². The van der Waals surface area contributed by atoms with E-state index in [4.69, 9.17) is 5.73 Å². The minimum atomic E-state index is -0.223. The average molecular weight is 260 g/mol. The van der Waals surface area contributed by atoms with Gasteiger partial charge in [-0.15, -0.1) is 22.7 Å². The summed E-state index contributed by atoms with van der Waals surface area (Å²) in [6, 6.07) is 8.36. The molecule has 0 aromatic carbocycles. The van der Waals surface area contributed by atoms with E-state index in [-0.39, 0.29) is 5.41 Å². The van der Waals surface area contributed by atoms with Crippen molar-refractivity contribution in [2.24, 2.45) is 10.7 Å². The van der Waals surface area contributed by atoms with Gasteiger partial charge in [-0.2, -0.15) is 0 Å². The molecule has 1 unspecified atom stereocenters. The Kier molecular flexibility index (Phi) is 2.70. The number of aliphatic imine (C=N–C) groups is 1. The molecule has 2 N–H and O–H groups in total. The van der Waals surface area contributed by atoms with Crippen LogP contribution in [0, 0.1) is 0 Å². The Morgan fingerprint density at radius 2 is 2.00 bits per heavy atom. The van der Waals surface area contributed by atoms with Gasteiger partial charge in [-0.25, -0.2) is 0 Å². The van der Waals surface area contributed by atoms with E-state index in [0.717, 1.165) is 5.71 Å². The van der Waals surface area contributed by atoms with E-state index in [1.165, 1.54) is 9.75 Å². The maximum absolute atomic E-state index is 6.04. The summed E-state index contributed by atoms with van der Waals surface area (Å²) < 4.78 is 0. The Labute approximate surface area is 108 Å². The predicted molar refractivity (Wildman–Crippen MR) is 75.0 cm³/mol. The molecule has 1 aliphatic heterocycles. The number of hydrogen-bond donors (Lipinski definition) is 1. The average Bonchev–Trinajstić information content (AvgIpc) is 3.10. The zero-order valence-electron chi connectivity index (χ0n) is 9.17. The Hall–Kier alpha value is -1.23. The molecule has 0 bridgehead atoms. The van der Waals surface area contributed by atoms with Gasteiger partial charge in [0.25, 0.3) is 0 Å². The van der Waals surface area contributed by atoms with Crippen LogP contribution in [0.5, 0.6) is 0 Å². The molecule has 1 atom stereocenters. The van der Waals surface area contributed by atoms with Crippen LogP contribution in [0.1, 0.15) is 9.75 Å². The molecule has 0 saturated heterocycles. The first kappa shape index (κ1) is 10.9. The van der Waals surface area contributed by atoms with Crippen molar-refractivity contribution in [1.82, 2.24) is 0 Å². The van der Waals surface area contributed by atoms with E-state index in [2.05, 4.69) is 46.1 Å². The van der Waals surface area contributed by atoms with Crippen molar-refractivity contribution >= 4 is 28.4 Å². The van der Waals surface area contributed by atoms with Crippen LogP contribution in [0.25, 0.3) is 0 Å². The maximum atomic E-state index is 6.04. The van der Waals surface area contributed by atoms with Gasteiger partial charge in [0, 0.05) is 22.5 Å². The SMILES string of the molecule is NCC1(c2cccs2)C=CN=C1c1cccs1. The molecule has 0 aliphatic carbocycles. The van der Waals surface area contributed by atoms with Crippen molar-refractivity contribution in [3.63, 3.8) is 0 Å². The smallest absolute Gasteiger partial charge is 0.0802 e. The number of nitrogens with zero attached hydrogens (tertiary/aromatic N) is 1. The molecule has 0 amide bonds. The highest BCUT2D eigenvalue weighted by Crippen LogP contribution is 2.37. The molecule has 0 radical (unpaired) electrons. The molecule has 4 heteroatoms. The lowest BCUT2D eigenvalue weighted by Crippen LogP contribution is -2.39. The van der Waals surface area contributed by atoms with Crippen molar-refractivity contribution in [3.05, 3.63) is 57.1 Å². The fraction of sp³-hybridized carbons (Fsp3) is 0.154. The first-order valence-corrected chi connectivity index (χ1v) is 7.17. The van der Waals surface area contributed by atoms with Crippen LogP contribution in [-0.4, -0.2) is 12.3 Å². The third-order valence-electron chi connectivity index (χ3n) is 3.02. The molecule has 17 heavy (non-hydrogen) atoms. The lowest BCUT2D eigenvalue weighted by Gasteiger charge is -2.26. The minimum absolute atomic E-state index is 0.223. The van der Waals surface area contributed by atoms with Crippen LogP contribution in [-0.2, 0) is 5.41 Å². The quantitative estimate of drug-likeness (QED) is 0.905. The van der Waals surface area contributed by atoms with Gasteiger partial charge in [-0.1, -0.05) is 12.1 Å². The highest BCUT2D eigenvalue weighted by Gasteiger charge is 2.38. The molecule has 3 rings (SSSR count). The summed E-state index contributed by atoms with van der Waals surface area (Å²) in [6.45, 7) is 0.556. The van der Waals surface area contributed by atoms with Crippen LogP contribution < -0.4 is 5.73 Å². The first-order valence-electron chi connectivity index (χ1n) is 5.41. The van der Waals surface area contributed by atoms with E-state index in [1.807, 2.05) is 6.20 Å². The Morgan fingerprint density at radius 1 is 1.18 bits per heavy atom. The molecule has 86 valence electrons. The molecule has 1 aliphatic rings. The van der Waals surface area contributed by atoms with Crippen LogP contribution in [0.15, 0.2) is 52.3 Å². The van der Waals surface area contributed by atoms with Gasteiger partial charge < -0.3 is 5.73 Å². The Balaban J connectivity index is 2.12. The lowest BCUT2D eigenvalue weighted by atomic mass is 9.81. The number of rotatable bonds is 3. The Morgan fingerprint density at radius 3 is 2.65 bits per heavy atom. The highest BCUT2D eigenvalue weighted by atomic mass is 32.1. The molecule has 0 spiro atoms. The van der Waals surface area contributed by atoms with Gasteiger partial charge in [-0.3, -0.25) is 4.99 Å². The van der Waals surface area contributed by atoms with E-state index >= 15 is 0 Å². The van der Waals surface area contributed by atoms with Crippen molar-refractivity contribution in [2.75, 3.05) is 6.54 Å². The number of thiophene rings is 2. The molecular formula is C13H12N2S2. The van der Waals surface area contributed by atoms with E-state index in [9.17, 15) is 0 Å². The summed E-state index contributed by atoms with van der Waals surface area (Å²) in [7, 11) is 0. The minimum Gasteiger partial charge on any atom is -0.329 e. The van der Waals surface area contributed by atoms with Crippen LogP contribution in [0.3, 0.4) is 0 Å². The Bertz CT molecular complexity index is 552. The highest BCUT2D eigenvalue weighted by molar-refractivity contribution is 7.12. The molecule has 2 nitrogen and oxygen atoms in total. The van der Waals surface area contributed by atoms with Crippen LogP contribution in [0.4, 0.5) is 0 Å². The standard InChI is InChI=1S/C13H12N2S2/c14-9-13(11-4-2-8-17-11)5-6-15-12(13)10-3-1-7-16-10/h1-8H,9,14H2. The summed E-state index contributed by atoms with van der Waals surface area (Å²) in [5.41, 5.74) is 6.89. The fourth-order valence-corrected chi connectivity index (χ4v) is 3.85. The van der Waals surface area contributed by atoms with Crippen molar-refractivity contribution in [2.45, 2.75) is 5.41 Å². The second kappa shape index (κ2) is 4.22. The molecule has 0 fully saturated rings. The maximum Gasteiger partial charge on any atom is 0.0802 e. The van der Waals surface area contributed by atoms with Crippen molar-refractivity contribution in [1.29, 1.82) is 0 Å². The summed E-state index contributed by atoms with van der Waals surface area (Å²) in [4.78, 5) is 7.00. The fourth-order valence-electron chi connectivity index (χ4n) is 2.13. The predicted octanol–water partition coefficient (Wildman–Crippen LogP) is 3.02. The molecule has 3 heterocycles. The third-order valence-corrected chi connectivity index (χ3v) is 4.95. The molecule has 0 saturated carbocycles. The molecule has 2 aromatic rings. The normalized spacial score (nSPS) is 23.0. The van der Waals surface area contributed by atoms with Crippen molar-refractivity contribution < 1.29 is 0 Å². The van der Waals surface area contributed by atoms with Gasteiger partial charge >= 0.3 is 0 Å². The second-order valence-corrected chi connectivity index (χ2v) is 5.82. The zero-order chi connectivity index (χ0) is 11.7. The topological polar surface area (TPSA) is 38.4 Å². The third kappa shape index (κ3) is 1.60. The van der Waals surface area contributed by atoms with Gasteiger partial charge in [0.1, 0.15) is 0 Å². The summed E-state index contributed by atoms with van der Waals surface area (Å²) in [5.74, 6) is 0. The summed E-state index contributed by atoms with van der Waals surface area (Å²) in [6.07, 6.45) is 4.00. The lowest BCUT2D eigenvalue weighted by molar-refractivity contribution is 0.752. The van der Waals surface area contributed by atoms with Crippen LogP contribution >= 0.6 is 22.7 Å². The van der Waals surface area contributed by atoms with Crippen molar-refractivity contribution in [3.8, 4) is 0 Å². The molecular weight excluding hydrogens is 248 g/mol. The number of nitrogens with two attached hydrogens (primary N) is 1. The molecule has 2 aromatic heterocycles. The van der Waals surface area contributed by atoms with E-state index in [0.29, 0.717) is 6.54 Å². The first-order chi connectivity index (χ1) is 8.37. The van der Waals surface area contributed by atoms with Gasteiger partial charge in [0.15, 0.2) is 0 Å². The van der Waals surface area contributed by atoms with Crippen LogP contribution in [0.2, 0.25) is 0 Å². The second-order valence-electron chi connectivity index (χ2n) is 3.92. The summed E-state index contributed by atoms with van der Waals surface area (Å²) >= 11 is 3.45. The number of hydrogen-bond acceptors (Lipinski definition) is 4. The summed E-state index contributed by atoms with van der Waals surface area (Å²) in [5, 5.41) is 4.16. The zero-order valence-corrected chi connectivity index (χ0v) is 10.8. The largest absolute Gasteiger partial charge is 0.329 e. The van der Waals surface area contributed by atoms with Gasteiger partial charge in [0.2, 0.25) is 0 Å². The van der Waals surface area contributed by atoms with Gasteiger partial charge in [0.05, 0.1) is 11.1 Å². The van der Waals surface area contributed by atoms with E-state index < -0.39 is 0 Å². The monoisotopic (exact) mass is 260 g/mol.